The molecule has 0 spiro atoms. The van der Waals surface area contributed by atoms with Gasteiger partial charge in [-0.1, -0.05) is 11.6 Å². The second kappa shape index (κ2) is 5.89. The van der Waals surface area contributed by atoms with E-state index in [1.54, 1.807) is 0 Å². The standard InChI is InChI=1S/C13H26N4O/c1-10(7-13(14)15-18)17-9-12-5-3-4-6-16(12)8-11(17)2/h10-12,18H,3-9H2,1-2H3,(H2,14,15). The Morgan fingerprint density at radius 1 is 1.44 bits per heavy atom. The fraction of sp³-hybridized carbons (Fsp3) is 0.923. The van der Waals surface area contributed by atoms with Crippen molar-refractivity contribution < 1.29 is 5.21 Å². The van der Waals surface area contributed by atoms with Gasteiger partial charge in [0.1, 0.15) is 5.84 Å². The average molecular weight is 254 g/mol. The molecule has 0 aliphatic carbocycles. The van der Waals surface area contributed by atoms with E-state index in [4.69, 9.17) is 10.9 Å². The minimum absolute atomic E-state index is 0.334. The van der Waals surface area contributed by atoms with Crippen molar-refractivity contribution in [3.63, 3.8) is 0 Å². The van der Waals surface area contributed by atoms with E-state index in [1.165, 1.54) is 25.8 Å². The third-order valence-electron chi connectivity index (χ3n) is 4.43. The van der Waals surface area contributed by atoms with Crippen molar-refractivity contribution in [2.45, 2.75) is 57.7 Å². The fourth-order valence-corrected chi connectivity index (χ4v) is 3.45. The molecule has 0 saturated carbocycles. The third kappa shape index (κ3) is 2.95. The van der Waals surface area contributed by atoms with Crippen molar-refractivity contribution >= 4 is 5.84 Å². The highest BCUT2D eigenvalue weighted by atomic mass is 16.4. The van der Waals surface area contributed by atoms with Crippen molar-refractivity contribution in [3.05, 3.63) is 0 Å². The summed E-state index contributed by atoms with van der Waals surface area (Å²) in [5.41, 5.74) is 5.62. The number of hydrogen-bond acceptors (Lipinski definition) is 4. The van der Waals surface area contributed by atoms with E-state index in [9.17, 15) is 0 Å². The summed E-state index contributed by atoms with van der Waals surface area (Å²) in [6, 6.07) is 1.62. The minimum atomic E-state index is 0.334. The van der Waals surface area contributed by atoms with Gasteiger partial charge >= 0.3 is 0 Å². The predicted octanol–water partition coefficient (Wildman–Crippen LogP) is 1.07. The summed E-state index contributed by atoms with van der Waals surface area (Å²) < 4.78 is 0. The van der Waals surface area contributed by atoms with Crippen LogP contribution in [0.3, 0.4) is 0 Å². The molecule has 2 aliphatic heterocycles. The van der Waals surface area contributed by atoms with Crippen molar-refractivity contribution in [2.75, 3.05) is 19.6 Å². The first kappa shape index (κ1) is 13.6. The number of nitrogens with two attached hydrogens (primary N) is 1. The van der Waals surface area contributed by atoms with E-state index in [0.29, 0.717) is 30.4 Å². The number of amidine groups is 1. The first-order valence-corrected chi connectivity index (χ1v) is 7.08. The molecule has 104 valence electrons. The van der Waals surface area contributed by atoms with Crippen molar-refractivity contribution in [2.24, 2.45) is 10.9 Å². The van der Waals surface area contributed by atoms with Gasteiger partial charge in [0.2, 0.25) is 0 Å². The Kier molecular flexibility index (Phi) is 4.45. The second-order valence-electron chi connectivity index (χ2n) is 5.83. The first-order chi connectivity index (χ1) is 8.61. The Morgan fingerprint density at radius 2 is 2.22 bits per heavy atom. The van der Waals surface area contributed by atoms with Gasteiger partial charge in [-0.05, 0) is 33.2 Å². The van der Waals surface area contributed by atoms with Crippen molar-refractivity contribution in [1.82, 2.24) is 9.80 Å². The minimum Gasteiger partial charge on any atom is -0.409 e. The van der Waals surface area contributed by atoms with Gasteiger partial charge in [-0.2, -0.15) is 0 Å². The molecule has 3 unspecified atom stereocenters. The SMILES string of the molecule is CC(CC(N)=NO)N1CC2CCCCN2CC1C. The first-order valence-electron chi connectivity index (χ1n) is 7.08. The van der Waals surface area contributed by atoms with Crippen LogP contribution in [0.1, 0.15) is 39.5 Å². The molecule has 5 heteroatoms. The summed E-state index contributed by atoms with van der Waals surface area (Å²) in [5, 5.41) is 11.8. The highest BCUT2D eigenvalue weighted by Gasteiger charge is 2.34. The molecule has 2 saturated heterocycles. The Hall–Kier alpha value is -0.810. The lowest BCUT2D eigenvalue weighted by atomic mass is 9.95. The molecule has 0 aromatic carbocycles. The molecule has 2 rings (SSSR count). The topological polar surface area (TPSA) is 65.1 Å². The van der Waals surface area contributed by atoms with Gasteiger partial charge in [-0.15, -0.1) is 0 Å². The quantitative estimate of drug-likeness (QED) is 0.342. The molecule has 0 bridgehead atoms. The summed E-state index contributed by atoms with van der Waals surface area (Å²) in [4.78, 5) is 5.16. The smallest absolute Gasteiger partial charge is 0.140 e. The van der Waals surface area contributed by atoms with Crippen LogP contribution in [0.4, 0.5) is 0 Å². The highest BCUT2D eigenvalue weighted by molar-refractivity contribution is 5.80. The lowest BCUT2D eigenvalue weighted by molar-refractivity contribution is -0.00266. The number of piperazine rings is 1. The van der Waals surface area contributed by atoms with Gasteiger partial charge in [0, 0.05) is 37.6 Å². The summed E-state index contributed by atoms with van der Waals surface area (Å²) >= 11 is 0. The molecule has 0 aromatic heterocycles. The normalized spacial score (nSPS) is 33.1. The molecular formula is C13H26N4O. The summed E-state index contributed by atoms with van der Waals surface area (Å²) in [6.45, 7) is 8.00. The molecular weight excluding hydrogens is 228 g/mol. The van der Waals surface area contributed by atoms with E-state index in [1.807, 2.05) is 0 Å². The second-order valence-corrected chi connectivity index (χ2v) is 5.83. The van der Waals surface area contributed by atoms with Gasteiger partial charge in [-0.3, -0.25) is 9.80 Å². The third-order valence-corrected chi connectivity index (χ3v) is 4.43. The Morgan fingerprint density at radius 3 is 2.94 bits per heavy atom. The van der Waals surface area contributed by atoms with Crippen LogP contribution in [0.25, 0.3) is 0 Å². The molecule has 3 N–H and O–H groups in total. The van der Waals surface area contributed by atoms with Crippen LogP contribution in [-0.2, 0) is 0 Å². The van der Waals surface area contributed by atoms with Gasteiger partial charge in [-0.25, -0.2) is 0 Å². The van der Waals surface area contributed by atoms with Gasteiger partial charge in [0.15, 0.2) is 0 Å². The number of fused-ring (bicyclic) bond motifs is 1. The maximum absolute atomic E-state index is 8.67. The number of oxime groups is 1. The van der Waals surface area contributed by atoms with E-state index in [2.05, 4.69) is 28.8 Å². The van der Waals surface area contributed by atoms with Gasteiger partial charge in [0.25, 0.3) is 0 Å². The van der Waals surface area contributed by atoms with E-state index in [0.717, 1.165) is 13.1 Å². The average Bonchev–Trinajstić information content (AvgIpc) is 2.37. The van der Waals surface area contributed by atoms with Gasteiger partial charge < -0.3 is 10.9 Å². The summed E-state index contributed by atoms with van der Waals surface area (Å²) in [6.07, 6.45) is 4.67. The van der Waals surface area contributed by atoms with Crippen LogP contribution in [0.2, 0.25) is 0 Å². The zero-order valence-electron chi connectivity index (χ0n) is 11.5. The molecule has 2 aliphatic rings. The molecule has 18 heavy (non-hydrogen) atoms. The zero-order chi connectivity index (χ0) is 13.1. The Balaban J connectivity index is 1.95. The molecule has 0 amide bonds. The van der Waals surface area contributed by atoms with Gasteiger partial charge in [0.05, 0.1) is 0 Å². The van der Waals surface area contributed by atoms with Crippen LogP contribution in [0.5, 0.6) is 0 Å². The van der Waals surface area contributed by atoms with Crippen LogP contribution in [0, 0.1) is 0 Å². The summed E-state index contributed by atoms with van der Waals surface area (Å²) in [7, 11) is 0. The largest absolute Gasteiger partial charge is 0.409 e. The summed E-state index contributed by atoms with van der Waals surface area (Å²) in [5.74, 6) is 0.334. The van der Waals surface area contributed by atoms with E-state index in [-0.39, 0.29) is 0 Å². The number of piperidine rings is 1. The Labute approximate surface area is 110 Å². The lowest BCUT2D eigenvalue weighted by Crippen LogP contribution is -2.60. The number of rotatable bonds is 3. The maximum atomic E-state index is 8.67. The van der Waals surface area contributed by atoms with Crippen LogP contribution in [0.15, 0.2) is 5.16 Å². The van der Waals surface area contributed by atoms with E-state index >= 15 is 0 Å². The van der Waals surface area contributed by atoms with Crippen LogP contribution < -0.4 is 5.73 Å². The molecule has 2 fully saturated rings. The molecule has 0 aromatic rings. The number of nitrogens with zero attached hydrogens (tertiary/aromatic N) is 3. The fourth-order valence-electron chi connectivity index (χ4n) is 3.45. The molecule has 3 atom stereocenters. The molecule has 2 heterocycles. The number of hydrogen-bond donors (Lipinski definition) is 2. The van der Waals surface area contributed by atoms with Crippen molar-refractivity contribution in [1.29, 1.82) is 0 Å². The Bertz CT molecular complexity index is 307. The predicted molar refractivity (Wildman–Crippen MR) is 72.9 cm³/mol. The molecule has 5 nitrogen and oxygen atoms in total. The van der Waals surface area contributed by atoms with Crippen molar-refractivity contribution in [3.8, 4) is 0 Å². The lowest BCUT2D eigenvalue weighted by Gasteiger charge is -2.49. The van der Waals surface area contributed by atoms with Crippen LogP contribution in [-0.4, -0.2) is 58.6 Å². The molecule has 0 radical (unpaired) electrons. The monoisotopic (exact) mass is 254 g/mol. The zero-order valence-corrected chi connectivity index (χ0v) is 11.5. The van der Waals surface area contributed by atoms with Crippen LogP contribution >= 0.6 is 0 Å². The maximum Gasteiger partial charge on any atom is 0.140 e. The highest BCUT2D eigenvalue weighted by Crippen LogP contribution is 2.25. The van der Waals surface area contributed by atoms with E-state index < -0.39 is 0 Å².